The largest absolute Gasteiger partial charge is 0.354 e. The summed E-state index contributed by atoms with van der Waals surface area (Å²) < 4.78 is 1.19. The molecule has 0 spiro atoms. The third-order valence-corrected chi connectivity index (χ3v) is 2.85. The van der Waals surface area contributed by atoms with E-state index in [1.807, 2.05) is 32.0 Å². The molecule has 0 saturated carbocycles. The van der Waals surface area contributed by atoms with Gasteiger partial charge in [-0.15, -0.1) is 0 Å². The number of amides is 1. The highest BCUT2D eigenvalue weighted by Crippen LogP contribution is 2.27. The SMILES string of the molecule is C=C(C)N(C(=O)n1cncn1)c1c(C)cccc1C. The molecular formula is C14H16N4O. The maximum atomic E-state index is 12.5. The molecule has 5 heteroatoms. The van der Waals surface area contributed by atoms with Crippen LogP contribution in [0.15, 0.2) is 43.1 Å². The molecule has 1 amide bonds. The second kappa shape index (κ2) is 5.06. The average Bonchev–Trinajstić information content (AvgIpc) is 2.86. The Morgan fingerprint density at radius 1 is 1.32 bits per heavy atom. The fourth-order valence-corrected chi connectivity index (χ4v) is 2.02. The molecule has 5 nitrogen and oxygen atoms in total. The van der Waals surface area contributed by atoms with Crippen LogP contribution in [-0.4, -0.2) is 20.8 Å². The first-order valence-corrected chi connectivity index (χ1v) is 5.93. The van der Waals surface area contributed by atoms with Crippen LogP contribution < -0.4 is 4.90 Å². The van der Waals surface area contributed by atoms with Crippen molar-refractivity contribution in [2.24, 2.45) is 0 Å². The van der Waals surface area contributed by atoms with Crippen LogP contribution >= 0.6 is 0 Å². The van der Waals surface area contributed by atoms with Crippen molar-refractivity contribution in [1.29, 1.82) is 0 Å². The van der Waals surface area contributed by atoms with Gasteiger partial charge in [0, 0.05) is 5.70 Å². The molecule has 0 radical (unpaired) electrons. The van der Waals surface area contributed by atoms with Gasteiger partial charge in [-0.25, -0.2) is 9.78 Å². The summed E-state index contributed by atoms with van der Waals surface area (Å²) in [5.74, 6) is 0. The smallest absolute Gasteiger partial charge is 0.265 e. The molecule has 0 aliphatic carbocycles. The van der Waals surface area contributed by atoms with E-state index >= 15 is 0 Å². The van der Waals surface area contributed by atoms with Crippen molar-refractivity contribution < 1.29 is 4.79 Å². The highest BCUT2D eigenvalue weighted by Gasteiger charge is 2.22. The second-order valence-electron chi connectivity index (χ2n) is 4.43. The minimum atomic E-state index is -0.289. The summed E-state index contributed by atoms with van der Waals surface area (Å²) in [5.41, 5.74) is 3.50. The molecule has 0 fully saturated rings. The fourth-order valence-electron chi connectivity index (χ4n) is 2.02. The summed E-state index contributed by atoms with van der Waals surface area (Å²) in [6, 6.07) is 5.60. The van der Waals surface area contributed by atoms with E-state index in [2.05, 4.69) is 16.7 Å². The quantitative estimate of drug-likeness (QED) is 0.830. The molecule has 98 valence electrons. The van der Waals surface area contributed by atoms with Crippen LogP contribution in [0.5, 0.6) is 0 Å². The summed E-state index contributed by atoms with van der Waals surface area (Å²) in [6.45, 7) is 9.61. The lowest BCUT2D eigenvalue weighted by Gasteiger charge is -2.25. The van der Waals surface area contributed by atoms with Gasteiger partial charge in [0.25, 0.3) is 0 Å². The first-order valence-electron chi connectivity index (χ1n) is 5.93. The molecule has 0 saturated heterocycles. The van der Waals surface area contributed by atoms with Crippen molar-refractivity contribution >= 4 is 11.7 Å². The van der Waals surface area contributed by atoms with Gasteiger partial charge in [-0.2, -0.15) is 9.78 Å². The number of aryl methyl sites for hydroxylation is 2. The van der Waals surface area contributed by atoms with Crippen LogP contribution in [0, 0.1) is 13.8 Å². The Labute approximate surface area is 112 Å². The Bertz CT molecular complexity index is 596. The third-order valence-electron chi connectivity index (χ3n) is 2.85. The van der Waals surface area contributed by atoms with Crippen molar-refractivity contribution in [2.45, 2.75) is 20.8 Å². The fraction of sp³-hybridized carbons (Fsp3) is 0.214. The van der Waals surface area contributed by atoms with Gasteiger partial charge in [0.15, 0.2) is 0 Å². The van der Waals surface area contributed by atoms with Crippen molar-refractivity contribution in [3.05, 3.63) is 54.3 Å². The van der Waals surface area contributed by atoms with E-state index in [4.69, 9.17) is 0 Å². The number of hydrogen-bond acceptors (Lipinski definition) is 3. The van der Waals surface area contributed by atoms with Crippen LogP contribution in [0.2, 0.25) is 0 Å². The van der Waals surface area contributed by atoms with E-state index in [-0.39, 0.29) is 6.03 Å². The minimum Gasteiger partial charge on any atom is -0.265 e. The molecule has 1 aromatic heterocycles. The topological polar surface area (TPSA) is 51.0 Å². The van der Waals surface area contributed by atoms with Gasteiger partial charge in [0.1, 0.15) is 12.7 Å². The van der Waals surface area contributed by atoms with Crippen molar-refractivity contribution in [2.75, 3.05) is 4.90 Å². The Balaban J connectivity index is 2.53. The van der Waals surface area contributed by atoms with Gasteiger partial charge in [0.05, 0.1) is 5.69 Å². The summed E-state index contributed by atoms with van der Waals surface area (Å²) in [6.07, 6.45) is 2.71. The molecule has 0 unspecified atom stereocenters. The first-order chi connectivity index (χ1) is 9.02. The predicted molar refractivity (Wildman–Crippen MR) is 74.0 cm³/mol. The lowest BCUT2D eigenvalue weighted by Crippen LogP contribution is -2.34. The van der Waals surface area contributed by atoms with E-state index in [0.717, 1.165) is 16.8 Å². The molecule has 0 bridgehead atoms. The van der Waals surface area contributed by atoms with Gasteiger partial charge in [-0.1, -0.05) is 24.8 Å². The zero-order valence-electron chi connectivity index (χ0n) is 11.3. The number of allylic oxidation sites excluding steroid dienone is 1. The van der Waals surface area contributed by atoms with Crippen LogP contribution in [-0.2, 0) is 0 Å². The molecule has 1 heterocycles. The van der Waals surface area contributed by atoms with Crippen LogP contribution in [0.4, 0.5) is 10.5 Å². The number of hydrogen-bond donors (Lipinski definition) is 0. The number of nitrogens with zero attached hydrogens (tertiary/aromatic N) is 4. The minimum absolute atomic E-state index is 0.289. The molecule has 2 aromatic rings. The molecule has 0 atom stereocenters. The van der Waals surface area contributed by atoms with E-state index in [1.54, 1.807) is 11.8 Å². The summed E-state index contributed by atoms with van der Waals surface area (Å²) in [5, 5.41) is 3.88. The van der Waals surface area contributed by atoms with Gasteiger partial charge in [-0.3, -0.25) is 4.90 Å². The van der Waals surface area contributed by atoms with Gasteiger partial charge < -0.3 is 0 Å². The zero-order valence-corrected chi connectivity index (χ0v) is 11.3. The molecule has 1 aromatic carbocycles. The normalized spacial score (nSPS) is 10.3. The lowest BCUT2D eigenvalue weighted by atomic mass is 10.1. The Morgan fingerprint density at radius 3 is 2.42 bits per heavy atom. The van der Waals surface area contributed by atoms with E-state index in [0.29, 0.717) is 5.70 Å². The number of rotatable bonds is 2. The maximum absolute atomic E-state index is 12.5. The lowest BCUT2D eigenvalue weighted by molar-refractivity contribution is 0.246. The van der Waals surface area contributed by atoms with Crippen LogP contribution in [0.3, 0.4) is 0 Å². The standard InChI is InChI=1S/C14H16N4O/c1-10(2)18(14(19)17-9-15-8-16-17)13-11(3)6-5-7-12(13)4/h5-9H,1H2,2-4H3. The monoisotopic (exact) mass is 256 g/mol. The summed E-state index contributed by atoms with van der Waals surface area (Å²) >= 11 is 0. The van der Waals surface area contributed by atoms with E-state index in [1.165, 1.54) is 17.3 Å². The number of carbonyl (C=O) groups excluding carboxylic acids is 1. The number of benzene rings is 1. The van der Waals surface area contributed by atoms with Crippen LogP contribution in [0.25, 0.3) is 0 Å². The molecule has 0 aliphatic heterocycles. The predicted octanol–water partition coefficient (Wildman–Crippen LogP) is 2.90. The molecule has 19 heavy (non-hydrogen) atoms. The maximum Gasteiger partial charge on any atom is 0.354 e. The molecular weight excluding hydrogens is 240 g/mol. The Morgan fingerprint density at radius 2 is 1.95 bits per heavy atom. The second-order valence-corrected chi connectivity index (χ2v) is 4.43. The first kappa shape index (κ1) is 13.0. The van der Waals surface area contributed by atoms with E-state index in [9.17, 15) is 4.79 Å². The summed E-state index contributed by atoms with van der Waals surface area (Å²) in [7, 11) is 0. The Kier molecular flexibility index (Phi) is 3.46. The van der Waals surface area contributed by atoms with E-state index < -0.39 is 0 Å². The Hall–Kier alpha value is -2.43. The van der Waals surface area contributed by atoms with Gasteiger partial charge >= 0.3 is 6.03 Å². The highest BCUT2D eigenvalue weighted by molar-refractivity contribution is 5.97. The summed E-state index contributed by atoms with van der Waals surface area (Å²) in [4.78, 5) is 17.8. The van der Waals surface area contributed by atoms with Crippen molar-refractivity contribution in [3.63, 3.8) is 0 Å². The van der Waals surface area contributed by atoms with Crippen molar-refractivity contribution in [3.8, 4) is 0 Å². The molecule has 2 rings (SSSR count). The third kappa shape index (κ3) is 2.40. The van der Waals surface area contributed by atoms with Crippen LogP contribution in [0.1, 0.15) is 18.1 Å². The van der Waals surface area contributed by atoms with Crippen molar-refractivity contribution in [1.82, 2.24) is 14.8 Å². The molecule has 0 aliphatic rings. The van der Waals surface area contributed by atoms with Gasteiger partial charge in [0.2, 0.25) is 0 Å². The number of carbonyl (C=O) groups is 1. The molecule has 0 N–H and O–H groups in total. The zero-order chi connectivity index (χ0) is 14.0. The number of para-hydroxylation sites is 1. The average molecular weight is 256 g/mol. The number of aromatic nitrogens is 3. The number of anilines is 1. The highest BCUT2D eigenvalue weighted by atomic mass is 16.2. The van der Waals surface area contributed by atoms with Gasteiger partial charge in [-0.05, 0) is 31.9 Å².